The quantitative estimate of drug-likeness (QED) is 0.903. The van der Waals surface area contributed by atoms with E-state index >= 15 is 0 Å². The number of rotatable bonds is 4. The fourth-order valence-corrected chi connectivity index (χ4v) is 2.32. The Labute approximate surface area is 118 Å². The predicted molar refractivity (Wildman–Crippen MR) is 74.9 cm³/mol. The number of nitrogens with zero attached hydrogens (tertiary/aromatic N) is 1. The normalized spacial score (nSPS) is 12.3. The lowest BCUT2D eigenvalue weighted by Gasteiger charge is -2.10. The molecule has 0 bridgehead atoms. The van der Waals surface area contributed by atoms with Crippen molar-refractivity contribution in [2.24, 2.45) is 0 Å². The van der Waals surface area contributed by atoms with Crippen molar-refractivity contribution in [2.75, 3.05) is 0 Å². The van der Waals surface area contributed by atoms with Crippen molar-refractivity contribution in [1.82, 2.24) is 9.88 Å². The summed E-state index contributed by atoms with van der Waals surface area (Å²) in [6.45, 7) is 1.53. The zero-order valence-corrected chi connectivity index (χ0v) is 11.8. The Balaban J connectivity index is 2.16. The molecule has 1 amide bonds. The number of nitrogens with one attached hydrogen (secondary N) is 1. The van der Waals surface area contributed by atoms with Crippen molar-refractivity contribution < 1.29 is 14.7 Å². The van der Waals surface area contributed by atoms with Gasteiger partial charge in [-0.1, -0.05) is 22.0 Å². The summed E-state index contributed by atoms with van der Waals surface area (Å²) in [5.74, 6) is -1.37. The van der Waals surface area contributed by atoms with Gasteiger partial charge in [0.1, 0.15) is 12.6 Å². The predicted octanol–water partition coefficient (Wildman–Crippen LogP) is 1.99. The van der Waals surface area contributed by atoms with E-state index < -0.39 is 12.0 Å². The summed E-state index contributed by atoms with van der Waals surface area (Å²) in [5.41, 5.74) is 0.924. The summed E-state index contributed by atoms with van der Waals surface area (Å²) < 4.78 is 2.74. The van der Waals surface area contributed by atoms with Crippen LogP contribution in [0, 0.1) is 0 Å². The lowest BCUT2D eigenvalue weighted by Crippen LogP contribution is -2.39. The molecule has 1 heterocycles. The molecule has 0 saturated carbocycles. The maximum absolute atomic E-state index is 11.7. The molecule has 0 saturated heterocycles. The van der Waals surface area contributed by atoms with Gasteiger partial charge in [-0.15, -0.1) is 0 Å². The van der Waals surface area contributed by atoms with E-state index in [1.807, 2.05) is 24.3 Å². The summed E-state index contributed by atoms with van der Waals surface area (Å²) in [6, 6.07) is 6.75. The highest BCUT2D eigenvalue weighted by Crippen LogP contribution is 2.24. The van der Waals surface area contributed by atoms with Gasteiger partial charge in [-0.3, -0.25) is 9.59 Å². The Kier molecular flexibility index (Phi) is 3.90. The molecule has 19 heavy (non-hydrogen) atoms. The molecule has 1 atom stereocenters. The number of hydrogen-bond acceptors (Lipinski definition) is 2. The van der Waals surface area contributed by atoms with Crippen LogP contribution in [-0.2, 0) is 16.1 Å². The van der Waals surface area contributed by atoms with Crippen LogP contribution in [0.25, 0.3) is 10.9 Å². The number of amides is 1. The van der Waals surface area contributed by atoms with Crippen molar-refractivity contribution in [1.29, 1.82) is 0 Å². The molecule has 0 aliphatic rings. The molecule has 1 aromatic heterocycles. The van der Waals surface area contributed by atoms with Gasteiger partial charge in [0.05, 0.1) is 0 Å². The maximum atomic E-state index is 11.7. The van der Waals surface area contributed by atoms with Crippen molar-refractivity contribution in [3.05, 3.63) is 34.9 Å². The van der Waals surface area contributed by atoms with Gasteiger partial charge in [-0.25, -0.2) is 0 Å². The molecule has 2 aromatic rings. The second-order valence-electron chi connectivity index (χ2n) is 4.24. The van der Waals surface area contributed by atoms with Gasteiger partial charge in [0, 0.05) is 21.6 Å². The standard InChI is InChI=1S/C13H13BrN2O3/c1-8(13(18)19)15-12(17)7-16-6-5-9-10(14)3-2-4-11(9)16/h2-6,8H,7H2,1H3,(H,15,17)(H,18,19)/t8-/m1/s1. The van der Waals surface area contributed by atoms with Crippen LogP contribution in [0.5, 0.6) is 0 Å². The van der Waals surface area contributed by atoms with E-state index in [2.05, 4.69) is 21.2 Å². The van der Waals surface area contributed by atoms with Gasteiger partial charge in [-0.05, 0) is 25.1 Å². The smallest absolute Gasteiger partial charge is 0.325 e. The lowest BCUT2D eigenvalue weighted by molar-refractivity contribution is -0.141. The molecule has 5 nitrogen and oxygen atoms in total. The minimum atomic E-state index is -1.05. The molecule has 100 valence electrons. The Morgan fingerprint density at radius 1 is 1.42 bits per heavy atom. The number of aromatic nitrogens is 1. The summed E-state index contributed by atoms with van der Waals surface area (Å²) in [7, 11) is 0. The second kappa shape index (κ2) is 5.44. The lowest BCUT2D eigenvalue weighted by atomic mass is 10.2. The van der Waals surface area contributed by atoms with Crippen molar-refractivity contribution >= 4 is 38.7 Å². The van der Waals surface area contributed by atoms with E-state index in [4.69, 9.17) is 5.11 Å². The first-order chi connectivity index (χ1) is 8.99. The molecular weight excluding hydrogens is 312 g/mol. The van der Waals surface area contributed by atoms with Gasteiger partial charge >= 0.3 is 5.97 Å². The fourth-order valence-electron chi connectivity index (χ4n) is 1.83. The molecule has 2 rings (SSSR count). The molecule has 2 N–H and O–H groups in total. The van der Waals surface area contributed by atoms with E-state index in [1.165, 1.54) is 6.92 Å². The molecule has 0 fully saturated rings. The number of benzene rings is 1. The van der Waals surface area contributed by atoms with Gasteiger partial charge < -0.3 is 15.0 Å². The monoisotopic (exact) mass is 324 g/mol. The minimum Gasteiger partial charge on any atom is -0.480 e. The fraction of sp³-hybridized carbons (Fsp3) is 0.231. The highest BCUT2D eigenvalue weighted by atomic mass is 79.9. The van der Waals surface area contributed by atoms with Crippen LogP contribution in [0.2, 0.25) is 0 Å². The first-order valence-electron chi connectivity index (χ1n) is 5.74. The maximum Gasteiger partial charge on any atom is 0.325 e. The molecular formula is C13H13BrN2O3. The van der Waals surface area contributed by atoms with Crippen LogP contribution in [-0.4, -0.2) is 27.6 Å². The third-order valence-corrected chi connectivity index (χ3v) is 3.51. The van der Waals surface area contributed by atoms with Gasteiger partial charge in [0.25, 0.3) is 0 Å². The van der Waals surface area contributed by atoms with Crippen LogP contribution in [0.3, 0.4) is 0 Å². The van der Waals surface area contributed by atoms with Crippen LogP contribution < -0.4 is 5.32 Å². The van der Waals surface area contributed by atoms with E-state index in [1.54, 1.807) is 10.8 Å². The average Bonchev–Trinajstić information content (AvgIpc) is 2.73. The number of aliphatic carboxylic acids is 1. The van der Waals surface area contributed by atoms with E-state index in [0.29, 0.717) is 0 Å². The molecule has 1 aromatic carbocycles. The molecule has 0 aliphatic carbocycles. The molecule has 6 heteroatoms. The number of carbonyl (C=O) groups is 2. The van der Waals surface area contributed by atoms with Crippen molar-refractivity contribution in [3.8, 4) is 0 Å². The largest absolute Gasteiger partial charge is 0.480 e. The molecule has 0 radical (unpaired) electrons. The first-order valence-corrected chi connectivity index (χ1v) is 6.54. The number of halogens is 1. The Bertz CT molecular complexity index is 636. The summed E-state index contributed by atoms with van der Waals surface area (Å²) >= 11 is 3.44. The molecule has 0 aliphatic heterocycles. The number of carbonyl (C=O) groups excluding carboxylic acids is 1. The SMILES string of the molecule is C[C@@H](NC(=O)Cn1ccc2c(Br)cccc21)C(=O)O. The number of hydrogen-bond donors (Lipinski definition) is 2. The summed E-state index contributed by atoms with van der Waals surface area (Å²) in [6.07, 6.45) is 1.81. The zero-order valence-electron chi connectivity index (χ0n) is 10.3. The van der Waals surface area contributed by atoms with E-state index in [-0.39, 0.29) is 12.5 Å². The van der Waals surface area contributed by atoms with E-state index in [9.17, 15) is 9.59 Å². The summed E-state index contributed by atoms with van der Waals surface area (Å²) in [5, 5.41) is 12.2. The Hall–Kier alpha value is -1.82. The third kappa shape index (κ3) is 2.96. The number of carboxylic acids is 1. The second-order valence-corrected chi connectivity index (χ2v) is 5.10. The van der Waals surface area contributed by atoms with E-state index in [0.717, 1.165) is 15.4 Å². The van der Waals surface area contributed by atoms with Crippen LogP contribution >= 0.6 is 15.9 Å². The topological polar surface area (TPSA) is 71.3 Å². The van der Waals surface area contributed by atoms with Gasteiger partial charge in [0.15, 0.2) is 0 Å². The zero-order chi connectivity index (χ0) is 14.0. The van der Waals surface area contributed by atoms with Crippen LogP contribution in [0.4, 0.5) is 0 Å². The summed E-state index contributed by atoms with van der Waals surface area (Å²) in [4.78, 5) is 22.4. The first kappa shape index (κ1) is 13.6. The third-order valence-electron chi connectivity index (χ3n) is 2.82. The molecule has 0 spiro atoms. The number of fused-ring (bicyclic) bond motifs is 1. The Morgan fingerprint density at radius 2 is 2.16 bits per heavy atom. The highest BCUT2D eigenvalue weighted by Gasteiger charge is 2.14. The van der Waals surface area contributed by atoms with Crippen LogP contribution in [0.1, 0.15) is 6.92 Å². The Morgan fingerprint density at radius 3 is 2.84 bits per heavy atom. The van der Waals surface area contributed by atoms with Gasteiger partial charge in [0.2, 0.25) is 5.91 Å². The number of carboxylic acid groups (broad SMARTS) is 1. The minimum absolute atomic E-state index is 0.0948. The van der Waals surface area contributed by atoms with Crippen molar-refractivity contribution in [3.63, 3.8) is 0 Å². The molecule has 0 unspecified atom stereocenters. The highest BCUT2D eigenvalue weighted by molar-refractivity contribution is 9.10. The van der Waals surface area contributed by atoms with Crippen LogP contribution in [0.15, 0.2) is 34.9 Å². The average molecular weight is 325 g/mol. The van der Waals surface area contributed by atoms with Gasteiger partial charge in [-0.2, -0.15) is 0 Å². The van der Waals surface area contributed by atoms with Crippen molar-refractivity contribution in [2.45, 2.75) is 19.5 Å².